The molecule has 3 rings (SSSR count). The smallest absolute Gasteiger partial charge is 0.261 e. The van der Waals surface area contributed by atoms with Crippen LogP contribution < -0.4 is 0 Å². The summed E-state index contributed by atoms with van der Waals surface area (Å²) in [7, 11) is 0. The van der Waals surface area contributed by atoms with Gasteiger partial charge in [0.1, 0.15) is 5.76 Å². The molecule has 4 heteroatoms. The second kappa shape index (κ2) is 7.16. The fourth-order valence-electron chi connectivity index (χ4n) is 3.07. The van der Waals surface area contributed by atoms with Gasteiger partial charge in [-0.05, 0) is 31.9 Å². The van der Waals surface area contributed by atoms with E-state index in [1.54, 1.807) is 20.8 Å². The van der Waals surface area contributed by atoms with Crippen LogP contribution in [0.5, 0.6) is 0 Å². The van der Waals surface area contributed by atoms with Crippen LogP contribution in [0.15, 0.2) is 66.4 Å². The molecule has 1 amide bonds. The fraction of sp³-hybridized carbons (Fsp3) is 0.273. The number of Topliss-reactive ketones (excluding diaryl/α,β-unsaturated/α-hetero) is 1. The third-order valence-corrected chi connectivity index (χ3v) is 4.85. The first kappa shape index (κ1) is 17.9. The van der Waals surface area contributed by atoms with Gasteiger partial charge in [-0.3, -0.25) is 14.5 Å². The average Bonchev–Trinajstić information content (AvgIpc) is 2.63. The zero-order valence-corrected chi connectivity index (χ0v) is 15.4. The number of allylic oxidation sites excluding steroid dienone is 1. The van der Waals surface area contributed by atoms with Crippen LogP contribution in [0.2, 0.25) is 0 Å². The summed E-state index contributed by atoms with van der Waals surface area (Å²) in [5.41, 5.74) is 1.28. The molecule has 134 valence electrons. The van der Waals surface area contributed by atoms with Crippen molar-refractivity contribution in [2.75, 3.05) is 6.73 Å². The van der Waals surface area contributed by atoms with Gasteiger partial charge in [-0.25, -0.2) is 0 Å². The lowest BCUT2D eigenvalue weighted by Gasteiger charge is -2.40. The van der Waals surface area contributed by atoms with E-state index in [2.05, 4.69) is 0 Å². The van der Waals surface area contributed by atoms with Crippen LogP contribution in [0.1, 0.15) is 31.9 Å². The van der Waals surface area contributed by atoms with Crippen molar-refractivity contribution in [3.8, 4) is 0 Å². The maximum absolute atomic E-state index is 13.2. The molecular formula is C22H23NO3. The van der Waals surface area contributed by atoms with Crippen molar-refractivity contribution in [1.29, 1.82) is 0 Å². The van der Waals surface area contributed by atoms with Gasteiger partial charge in [-0.1, -0.05) is 60.7 Å². The third kappa shape index (κ3) is 3.40. The molecule has 2 aromatic carbocycles. The van der Waals surface area contributed by atoms with Crippen molar-refractivity contribution < 1.29 is 14.3 Å². The topological polar surface area (TPSA) is 46.6 Å². The molecule has 0 unspecified atom stereocenters. The van der Waals surface area contributed by atoms with Gasteiger partial charge < -0.3 is 4.74 Å². The average molecular weight is 349 g/mol. The maximum Gasteiger partial charge on any atom is 0.261 e. The molecule has 0 saturated carbocycles. The molecule has 0 atom stereocenters. The Kier molecular flexibility index (Phi) is 4.94. The maximum atomic E-state index is 13.2. The summed E-state index contributed by atoms with van der Waals surface area (Å²) in [6.45, 7) is 5.43. The van der Waals surface area contributed by atoms with E-state index in [1.807, 2.05) is 60.7 Å². The SMILES string of the molecule is CC1=C(c2ccccc2)C(=O)N(C(C)(C)C(=O)Cc2ccccc2)CO1. The van der Waals surface area contributed by atoms with Gasteiger partial charge in [0.25, 0.3) is 5.91 Å². The van der Waals surface area contributed by atoms with Gasteiger partial charge in [0, 0.05) is 6.42 Å². The van der Waals surface area contributed by atoms with Gasteiger partial charge in [0.05, 0.1) is 11.1 Å². The number of amides is 1. The molecule has 4 nitrogen and oxygen atoms in total. The van der Waals surface area contributed by atoms with E-state index in [9.17, 15) is 9.59 Å². The summed E-state index contributed by atoms with van der Waals surface area (Å²) in [6, 6.07) is 19.0. The minimum absolute atomic E-state index is 0.0207. The van der Waals surface area contributed by atoms with Crippen LogP contribution in [0.4, 0.5) is 0 Å². The summed E-state index contributed by atoms with van der Waals surface area (Å²) in [4.78, 5) is 27.6. The van der Waals surface area contributed by atoms with E-state index in [0.29, 0.717) is 11.3 Å². The van der Waals surface area contributed by atoms with Gasteiger partial charge in [-0.15, -0.1) is 0 Å². The predicted molar refractivity (Wildman–Crippen MR) is 101 cm³/mol. The number of benzene rings is 2. The fourth-order valence-corrected chi connectivity index (χ4v) is 3.07. The minimum atomic E-state index is -0.965. The summed E-state index contributed by atoms with van der Waals surface area (Å²) in [5, 5.41) is 0. The van der Waals surface area contributed by atoms with E-state index < -0.39 is 5.54 Å². The zero-order chi connectivity index (χ0) is 18.7. The Morgan fingerprint density at radius 2 is 1.62 bits per heavy atom. The first-order chi connectivity index (χ1) is 12.4. The molecule has 0 aliphatic carbocycles. The number of ether oxygens (including phenoxy) is 1. The van der Waals surface area contributed by atoms with Crippen LogP contribution in [0.25, 0.3) is 5.57 Å². The molecule has 1 aliphatic rings. The Hall–Kier alpha value is -2.88. The van der Waals surface area contributed by atoms with E-state index in [4.69, 9.17) is 4.74 Å². The van der Waals surface area contributed by atoms with Crippen molar-refractivity contribution in [3.05, 3.63) is 77.5 Å². The number of nitrogens with zero attached hydrogens (tertiary/aromatic N) is 1. The highest BCUT2D eigenvalue weighted by atomic mass is 16.5. The number of rotatable bonds is 5. The second-order valence-electron chi connectivity index (χ2n) is 6.95. The lowest BCUT2D eigenvalue weighted by atomic mass is 9.90. The van der Waals surface area contributed by atoms with E-state index in [0.717, 1.165) is 11.1 Å². The molecule has 0 bridgehead atoms. The van der Waals surface area contributed by atoms with Crippen molar-refractivity contribution in [1.82, 2.24) is 4.90 Å². The second-order valence-corrected chi connectivity index (χ2v) is 6.95. The van der Waals surface area contributed by atoms with Crippen molar-refractivity contribution in [2.24, 2.45) is 0 Å². The van der Waals surface area contributed by atoms with Gasteiger partial charge >= 0.3 is 0 Å². The normalized spacial score (nSPS) is 15.0. The molecule has 0 saturated heterocycles. The monoisotopic (exact) mass is 349 g/mol. The number of ketones is 1. The number of hydrogen-bond acceptors (Lipinski definition) is 3. The Bertz CT molecular complexity index is 838. The van der Waals surface area contributed by atoms with E-state index in [-0.39, 0.29) is 24.8 Å². The molecular weight excluding hydrogens is 326 g/mol. The predicted octanol–water partition coefficient (Wildman–Crippen LogP) is 3.82. The van der Waals surface area contributed by atoms with Crippen LogP contribution >= 0.6 is 0 Å². The molecule has 0 radical (unpaired) electrons. The molecule has 0 aromatic heterocycles. The summed E-state index contributed by atoms with van der Waals surface area (Å²) >= 11 is 0. The number of carbonyl (C=O) groups excluding carboxylic acids is 2. The van der Waals surface area contributed by atoms with Crippen LogP contribution in [0.3, 0.4) is 0 Å². The number of hydrogen-bond donors (Lipinski definition) is 0. The highest BCUT2D eigenvalue weighted by molar-refractivity contribution is 6.21. The zero-order valence-electron chi connectivity index (χ0n) is 15.4. The van der Waals surface area contributed by atoms with Crippen LogP contribution in [0, 0.1) is 0 Å². The Balaban J connectivity index is 1.86. The highest BCUT2D eigenvalue weighted by Crippen LogP contribution is 2.31. The standard InChI is InChI=1S/C22H23NO3/c1-16-20(18-12-8-5-9-13-18)21(25)23(15-26-16)22(2,3)19(24)14-17-10-6-4-7-11-17/h4-13H,14-15H2,1-3H3. The van der Waals surface area contributed by atoms with Crippen LogP contribution in [-0.2, 0) is 20.7 Å². The van der Waals surface area contributed by atoms with Gasteiger partial charge in [0.15, 0.2) is 12.5 Å². The summed E-state index contributed by atoms with van der Waals surface area (Å²) in [5.74, 6) is 0.391. The van der Waals surface area contributed by atoms with Crippen LogP contribution in [-0.4, -0.2) is 28.9 Å². The van der Waals surface area contributed by atoms with E-state index in [1.165, 1.54) is 4.90 Å². The molecule has 1 heterocycles. The summed E-state index contributed by atoms with van der Waals surface area (Å²) in [6.07, 6.45) is 0.279. The molecule has 2 aromatic rings. The summed E-state index contributed by atoms with van der Waals surface area (Å²) < 4.78 is 5.75. The third-order valence-electron chi connectivity index (χ3n) is 4.85. The Morgan fingerprint density at radius 3 is 2.23 bits per heavy atom. The van der Waals surface area contributed by atoms with E-state index >= 15 is 0 Å². The number of carbonyl (C=O) groups is 2. The molecule has 0 N–H and O–H groups in total. The molecule has 0 fully saturated rings. The molecule has 1 aliphatic heterocycles. The van der Waals surface area contributed by atoms with Gasteiger partial charge in [0.2, 0.25) is 0 Å². The molecule has 26 heavy (non-hydrogen) atoms. The molecule has 0 spiro atoms. The minimum Gasteiger partial charge on any atom is -0.477 e. The largest absolute Gasteiger partial charge is 0.477 e. The quantitative estimate of drug-likeness (QED) is 0.824. The Labute approximate surface area is 154 Å². The lowest BCUT2D eigenvalue weighted by molar-refractivity contribution is -0.148. The first-order valence-electron chi connectivity index (χ1n) is 8.69. The van der Waals surface area contributed by atoms with Crippen molar-refractivity contribution in [2.45, 2.75) is 32.7 Å². The lowest BCUT2D eigenvalue weighted by Crippen LogP contribution is -2.56. The van der Waals surface area contributed by atoms with Gasteiger partial charge in [-0.2, -0.15) is 0 Å². The first-order valence-corrected chi connectivity index (χ1v) is 8.69. The van der Waals surface area contributed by atoms with Crippen molar-refractivity contribution in [3.63, 3.8) is 0 Å². The highest BCUT2D eigenvalue weighted by Gasteiger charge is 2.41. The Morgan fingerprint density at radius 1 is 1.04 bits per heavy atom. The van der Waals surface area contributed by atoms with Crippen molar-refractivity contribution >= 4 is 17.3 Å².